The third-order valence-corrected chi connectivity index (χ3v) is 7.59. The van der Waals surface area contributed by atoms with E-state index in [-0.39, 0.29) is 6.04 Å². The molecule has 0 amide bonds. The molecule has 1 unspecified atom stereocenters. The molecular formula is C27H28N2OS. The van der Waals surface area contributed by atoms with Crippen molar-refractivity contribution in [3.8, 4) is 11.5 Å². The van der Waals surface area contributed by atoms with Gasteiger partial charge in [-0.05, 0) is 55.5 Å². The Bertz CT molecular complexity index is 1180. The average Bonchev–Trinajstić information content (AvgIpc) is 3.33. The van der Waals surface area contributed by atoms with Crippen molar-refractivity contribution in [1.29, 1.82) is 0 Å². The second-order valence-corrected chi connectivity index (χ2v) is 9.51. The number of hydrogen-bond donors (Lipinski definition) is 0. The van der Waals surface area contributed by atoms with Crippen LogP contribution in [0.25, 0.3) is 11.5 Å². The van der Waals surface area contributed by atoms with Gasteiger partial charge in [0.05, 0.1) is 11.7 Å². The lowest BCUT2D eigenvalue weighted by atomic mass is 9.91. The summed E-state index contributed by atoms with van der Waals surface area (Å²) >= 11 is 1.98. The molecule has 0 N–H and O–H groups in total. The van der Waals surface area contributed by atoms with Crippen molar-refractivity contribution in [2.75, 3.05) is 6.54 Å². The predicted molar refractivity (Wildman–Crippen MR) is 128 cm³/mol. The highest BCUT2D eigenvalue weighted by Crippen LogP contribution is 2.43. The van der Waals surface area contributed by atoms with Crippen LogP contribution in [0, 0.1) is 13.8 Å². The van der Waals surface area contributed by atoms with Gasteiger partial charge in [0.15, 0.2) is 0 Å². The Kier molecular flexibility index (Phi) is 5.51. The Morgan fingerprint density at radius 3 is 2.45 bits per heavy atom. The van der Waals surface area contributed by atoms with Crippen LogP contribution in [-0.4, -0.2) is 16.4 Å². The number of aromatic nitrogens is 1. The summed E-state index contributed by atoms with van der Waals surface area (Å²) in [6, 6.07) is 21.4. The van der Waals surface area contributed by atoms with Gasteiger partial charge in [0.1, 0.15) is 5.76 Å². The molecule has 2 aromatic carbocycles. The molecule has 0 spiro atoms. The van der Waals surface area contributed by atoms with Crippen LogP contribution in [0.4, 0.5) is 0 Å². The maximum absolute atomic E-state index is 6.06. The topological polar surface area (TPSA) is 29.3 Å². The third kappa shape index (κ3) is 3.75. The van der Waals surface area contributed by atoms with Crippen LogP contribution in [0.15, 0.2) is 65.1 Å². The Balaban J connectivity index is 1.52. The second kappa shape index (κ2) is 8.45. The zero-order valence-corrected chi connectivity index (χ0v) is 19.2. The fraction of sp³-hybridized carbons (Fsp3) is 0.296. The number of rotatable bonds is 5. The summed E-state index contributed by atoms with van der Waals surface area (Å²) in [5.74, 6) is 1.62. The first-order chi connectivity index (χ1) is 15.2. The molecule has 0 bridgehead atoms. The molecular weight excluding hydrogens is 400 g/mol. The summed E-state index contributed by atoms with van der Waals surface area (Å²) < 4.78 is 6.06. The van der Waals surface area contributed by atoms with Crippen molar-refractivity contribution < 1.29 is 4.42 Å². The fourth-order valence-electron chi connectivity index (χ4n) is 4.80. The van der Waals surface area contributed by atoms with Gasteiger partial charge in [0.25, 0.3) is 0 Å². The van der Waals surface area contributed by atoms with Gasteiger partial charge in [0.2, 0.25) is 5.89 Å². The van der Waals surface area contributed by atoms with E-state index >= 15 is 0 Å². The number of hydrogen-bond acceptors (Lipinski definition) is 4. The van der Waals surface area contributed by atoms with Crippen LogP contribution in [0.5, 0.6) is 0 Å². The highest BCUT2D eigenvalue weighted by Gasteiger charge is 2.33. The predicted octanol–water partition coefficient (Wildman–Crippen LogP) is 6.73. The number of fused-ring (bicyclic) bond motifs is 1. The molecule has 0 radical (unpaired) electrons. The maximum atomic E-state index is 6.06. The Morgan fingerprint density at radius 2 is 1.74 bits per heavy atom. The zero-order valence-electron chi connectivity index (χ0n) is 18.4. The summed E-state index contributed by atoms with van der Waals surface area (Å²) in [4.78, 5) is 10.5. The second-order valence-electron chi connectivity index (χ2n) is 8.25. The van der Waals surface area contributed by atoms with Gasteiger partial charge in [-0.2, -0.15) is 0 Å². The quantitative estimate of drug-likeness (QED) is 0.353. The van der Waals surface area contributed by atoms with Crippen molar-refractivity contribution in [3.05, 3.63) is 98.6 Å². The molecule has 1 aliphatic rings. The summed E-state index contributed by atoms with van der Waals surface area (Å²) in [6.45, 7) is 8.42. The number of nitrogens with zero attached hydrogens (tertiary/aromatic N) is 2. The van der Waals surface area contributed by atoms with Crippen molar-refractivity contribution >= 4 is 11.3 Å². The van der Waals surface area contributed by atoms with Crippen LogP contribution in [0.3, 0.4) is 0 Å². The molecule has 158 valence electrons. The van der Waals surface area contributed by atoms with E-state index in [0.29, 0.717) is 5.89 Å². The Hall–Kier alpha value is -2.69. The van der Waals surface area contributed by atoms with E-state index in [9.17, 15) is 0 Å². The van der Waals surface area contributed by atoms with E-state index in [0.717, 1.165) is 42.9 Å². The van der Waals surface area contributed by atoms with Crippen LogP contribution in [0.1, 0.15) is 50.9 Å². The monoisotopic (exact) mass is 428 g/mol. The molecule has 0 aliphatic carbocycles. The third-order valence-electron chi connectivity index (χ3n) is 6.35. The van der Waals surface area contributed by atoms with E-state index in [1.165, 1.54) is 15.3 Å². The highest BCUT2D eigenvalue weighted by atomic mass is 32.1. The van der Waals surface area contributed by atoms with Crippen LogP contribution in [0.2, 0.25) is 0 Å². The van der Waals surface area contributed by atoms with Gasteiger partial charge in [-0.25, -0.2) is 4.98 Å². The van der Waals surface area contributed by atoms with Crippen molar-refractivity contribution in [1.82, 2.24) is 9.88 Å². The molecule has 0 saturated carbocycles. The van der Waals surface area contributed by atoms with Gasteiger partial charge in [-0.15, -0.1) is 11.3 Å². The number of thiophene rings is 1. The van der Waals surface area contributed by atoms with E-state index in [4.69, 9.17) is 9.40 Å². The van der Waals surface area contributed by atoms with E-state index in [2.05, 4.69) is 61.2 Å². The van der Waals surface area contributed by atoms with Gasteiger partial charge < -0.3 is 4.42 Å². The molecule has 1 aliphatic heterocycles. The van der Waals surface area contributed by atoms with Crippen LogP contribution < -0.4 is 0 Å². The van der Waals surface area contributed by atoms with Gasteiger partial charge in [-0.3, -0.25) is 4.90 Å². The fourth-order valence-corrected chi connectivity index (χ4v) is 6.26. The molecule has 5 rings (SSSR count). The molecule has 4 heteroatoms. The molecule has 3 heterocycles. The van der Waals surface area contributed by atoms with Gasteiger partial charge >= 0.3 is 0 Å². The first-order valence-corrected chi connectivity index (χ1v) is 11.9. The largest absolute Gasteiger partial charge is 0.441 e. The normalized spacial score (nSPS) is 16.4. The SMILES string of the molecule is CCc1c(C)sc2c1CCN(Cc1nc(-c3ccccc3)oc1C)C2c1ccccc1. The first-order valence-electron chi connectivity index (χ1n) is 11.1. The molecule has 1 atom stereocenters. The zero-order chi connectivity index (χ0) is 21.4. The van der Waals surface area contributed by atoms with Gasteiger partial charge in [0, 0.05) is 28.4 Å². The average molecular weight is 429 g/mol. The molecule has 2 aromatic heterocycles. The molecule has 0 saturated heterocycles. The number of aryl methyl sites for hydroxylation is 2. The van der Waals surface area contributed by atoms with Crippen LogP contribution in [-0.2, 0) is 19.4 Å². The molecule has 31 heavy (non-hydrogen) atoms. The van der Waals surface area contributed by atoms with E-state index < -0.39 is 0 Å². The minimum atomic E-state index is 0.269. The van der Waals surface area contributed by atoms with E-state index in [1.54, 1.807) is 11.1 Å². The summed E-state index contributed by atoms with van der Waals surface area (Å²) in [6.07, 6.45) is 2.22. The van der Waals surface area contributed by atoms with Crippen LogP contribution >= 0.6 is 11.3 Å². The summed E-state index contributed by atoms with van der Waals surface area (Å²) in [7, 11) is 0. The van der Waals surface area contributed by atoms with E-state index in [1.807, 2.05) is 36.5 Å². The standard InChI is InChI=1S/C27H28N2OS/c1-4-22-19(3)31-26-23(22)15-16-29(25(26)20-11-7-5-8-12-20)17-24-18(2)30-27(28-24)21-13-9-6-10-14-21/h5-14,25H,4,15-17H2,1-3H3. The highest BCUT2D eigenvalue weighted by molar-refractivity contribution is 7.12. The molecule has 3 nitrogen and oxygen atoms in total. The smallest absolute Gasteiger partial charge is 0.226 e. The number of oxazole rings is 1. The van der Waals surface area contributed by atoms with Gasteiger partial charge in [-0.1, -0.05) is 55.5 Å². The Labute approximate surface area is 188 Å². The summed E-state index contributed by atoms with van der Waals surface area (Å²) in [5, 5.41) is 0. The lowest BCUT2D eigenvalue weighted by molar-refractivity contribution is 0.204. The Morgan fingerprint density at radius 1 is 1.03 bits per heavy atom. The van der Waals surface area contributed by atoms with Crippen molar-refractivity contribution in [2.24, 2.45) is 0 Å². The maximum Gasteiger partial charge on any atom is 0.226 e. The first kappa shape index (κ1) is 20.2. The summed E-state index contributed by atoms with van der Waals surface area (Å²) in [5.41, 5.74) is 6.56. The van der Waals surface area contributed by atoms with Crippen molar-refractivity contribution in [3.63, 3.8) is 0 Å². The van der Waals surface area contributed by atoms with Crippen molar-refractivity contribution in [2.45, 2.75) is 46.2 Å². The molecule has 4 aromatic rings. The lowest BCUT2D eigenvalue weighted by Crippen LogP contribution is -2.35. The minimum Gasteiger partial charge on any atom is -0.441 e. The molecule has 0 fully saturated rings. The lowest BCUT2D eigenvalue weighted by Gasteiger charge is -2.36. The minimum absolute atomic E-state index is 0.269. The number of benzene rings is 2.